The molecule has 0 spiro atoms. The number of hydrogen-bond acceptors (Lipinski definition) is 4. The number of carbonyl (C=O) groups excluding carboxylic acids is 1. The summed E-state index contributed by atoms with van der Waals surface area (Å²) in [6.07, 6.45) is -0.426. The van der Waals surface area contributed by atoms with E-state index >= 15 is 0 Å². The Labute approximate surface area is 157 Å². The zero-order chi connectivity index (χ0) is 19.0. The predicted molar refractivity (Wildman–Crippen MR) is 105 cm³/mol. The number of fused-ring (bicyclic) bond motifs is 1. The van der Waals surface area contributed by atoms with Crippen LogP contribution in [0.1, 0.15) is 27.7 Å². The van der Waals surface area contributed by atoms with E-state index in [-0.39, 0.29) is 11.7 Å². The molecule has 0 saturated heterocycles. The maximum absolute atomic E-state index is 13.3. The molecule has 136 valence electrons. The number of carbonyl (C=O) groups is 1. The molecule has 0 bridgehead atoms. The Kier molecular flexibility index (Phi) is 4.20. The molecule has 0 saturated carbocycles. The van der Waals surface area contributed by atoms with Crippen LogP contribution in [-0.2, 0) is 0 Å². The minimum Gasteiger partial charge on any atom is -0.504 e. The van der Waals surface area contributed by atoms with Crippen molar-refractivity contribution < 1.29 is 14.6 Å². The molecule has 0 aliphatic carbocycles. The predicted octanol–water partition coefficient (Wildman–Crippen LogP) is 4.48. The number of aryl methyl sites for hydroxylation is 1. The number of amides is 1. The quantitative estimate of drug-likeness (QED) is 0.723. The van der Waals surface area contributed by atoms with Gasteiger partial charge >= 0.3 is 0 Å². The van der Waals surface area contributed by atoms with Crippen molar-refractivity contribution in [3.05, 3.63) is 83.4 Å². The molecule has 1 aliphatic heterocycles. The van der Waals surface area contributed by atoms with Crippen molar-refractivity contribution in [2.45, 2.75) is 13.1 Å². The Morgan fingerprint density at radius 2 is 1.78 bits per heavy atom. The van der Waals surface area contributed by atoms with Gasteiger partial charge in [-0.05, 0) is 48.9 Å². The summed E-state index contributed by atoms with van der Waals surface area (Å²) in [5, 5.41) is 13.4. The van der Waals surface area contributed by atoms with Crippen LogP contribution in [0.5, 0.6) is 11.5 Å². The van der Waals surface area contributed by atoms with Gasteiger partial charge in [-0.2, -0.15) is 0 Å². The van der Waals surface area contributed by atoms with Crippen molar-refractivity contribution in [1.29, 1.82) is 0 Å². The molecule has 5 nitrogen and oxygen atoms in total. The van der Waals surface area contributed by atoms with Crippen LogP contribution >= 0.6 is 0 Å². The lowest BCUT2D eigenvalue weighted by molar-refractivity contribution is 0.0975. The van der Waals surface area contributed by atoms with Crippen LogP contribution in [0.4, 0.5) is 11.4 Å². The Morgan fingerprint density at radius 3 is 2.52 bits per heavy atom. The lowest BCUT2D eigenvalue weighted by Gasteiger charge is -2.38. The number of para-hydroxylation sites is 1. The van der Waals surface area contributed by atoms with Crippen LogP contribution < -0.4 is 15.0 Å². The van der Waals surface area contributed by atoms with Gasteiger partial charge in [0.25, 0.3) is 5.91 Å². The lowest BCUT2D eigenvalue weighted by Crippen LogP contribution is -2.43. The van der Waals surface area contributed by atoms with Crippen LogP contribution in [0, 0.1) is 6.92 Å². The number of rotatable bonds is 3. The zero-order valence-electron chi connectivity index (χ0n) is 15.1. The first kappa shape index (κ1) is 17.0. The van der Waals surface area contributed by atoms with E-state index in [0.29, 0.717) is 11.3 Å². The topological polar surface area (TPSA) is 61.8 Å². The van der Waals surface area contributed by atoms with Gasteiger partial charge in [-0.15, -0.1) is 0 Å². The fourth-order valence-electron chi connectivity index (χ4n) is 3.32. The first-order valence-electron chi connectivity index (χ1n) is 8.71. The van der Waals surface area contributed by atoms with Gasteiger partial charge in [0.2, 0.25) is 0 Å². The van der Waals surface area contributed by atoms with Gasteiger partial charge < -0.3 is 15.2 Å². The number of anilines is 2. The molecule has 3 aromatic carbocycles. The number of ether oxygens (including phenoxy) is 1. The average molecular weight is 360 g/mol. The molecule has 1 atom stereocenters. The zero-order valence-corrected chi connectivity index (χ0v) is 15.1. The van der Waals surface area contributed by atoms with E-state index in [2.05, 4.69) is 5.32 Å². The molecule has 0 fully saturated rings. The SMILES string of the molecule is COc1cc([C@@H]2Nc3ccccc3C(=O)N2c2ccc(C)cc2)ccc1O. The second-order valence-corrected chi connectivity index (χ2v) is 6.53. The summed E-state index contributed by atoms with van der Waals surface area (Å²) in [5.41, 5.74) is 4.14. The third kappa shape index (κ3) is 2.97. The van der Waals surface area contributed by atoms with Gasteiger partial charge in [-0.3, -0.25) is 9.69 Å². The Bertz CT molecular complexity index is 999. The Morgan fingerprint density at radius 1 is 1.04 bits per heavy atom. The lowest BCUT2D eigenvalue weighted by atomic mass is 10.0. The van der Waals surface area contributed by atoms with E-state index in [9.17, 15) is 9.90 Å². The molecule has 27 heavy (non-hydrogen) atoms. The van der Waals surface area contributed by atoms with Crippen molar-refractivity contribution in [3.63, 3.8) is 0 Å². The fourth-order valence-corrected chi connectivity index (χ4v) is 3.32. The van der Waals surface area contributed by atoms with Crippen molar-refractivity contribution in [2.24, 2.45) is 0 Å². The third-order valence-electron chi connectivity index (χ3n) is 4.76. The van der Waals surface area contributed by atoms with Gasteiger partial charge in [0.15, 0.2) is 11.5 Å². The molecule has 3 aromatic rings. The van der Waals surface area contributed by atoms with Crippen molar-refractivity contribution in [2.75, 3.05) is 17.3 Å². The van der Waals surface area contributed by atoms with Crippen LogP contribution in [-0.4, -0.2) is 18.1 Å². The number of benzene rings is 3. The van der Waals surface area contributed by atoms with Crippen molar-refractivity contribution >= 4 is 17.3 Å². The Balaban J connectivity index is 1.86. The van der Waals surface area contributed by atoms with E-state index in [1.165, 1.54) is 7.11 Å². The number of phenols is 1. The van der Waals surface area contributed by atoms with Crippen LogP contribution in [0.3, 0.4) is 0 Å². The van der Waals surface area contributed by atoms with Gasteiger partial charge in [-0.25, -0.2) is 0 Å². The second kappa shape index (κ2) is 6.68. The Hall–Kier alpha value is -3.47. The highest BCUT2D eigenvalue weighted by atomic mass is 16.5. The average Bonchev–Trinajstić information content (AvgIpc) is 2.69. The molecule has 5 heteroatoms. The van der Waals surface area contributed by atoms with Gasteiger partial charge in [0.05, 0.1) is 12.7 Å². The van der Waals surface area contributed by atoms with E-state index in [0.717, 1.165) is 22.5 Å². The first-order valence-corrected chi connectivity index (χ1v) is 8.71. The summed E-state index contributed by atoms with van der Waals surface area (Å²) in [5.74, 6) is 0.348. The van der Waals surface area contributed by atoms with E-state index in [1.54, 1.807) is 23.1 Å². The fraction of sp³-hybridized carbons (Fsp3) is 0.136. The highest BCUT2D eigenvalue weighted by Gasteiger charge is 2.34. The number of nitrogens with zero attached hydrogens (tertiary/aromatic N) is 1. The standard InChI is InChI=1S/C22H20N2O3/c1-14-7-10-16(11-8-14)24-21(15-9-12-19(25)20(13-15)27-2)23-18-6-4-3-5-17(18)22(24)26/h3-13,21,23,25H,1-2H3/t21-/m1/s1. The van der Waals surface area contributed by atoms with Crippen LogP contribution in [0.25, 0.3) is 0 Å². The molecular weight excluding hydrogens is 340 g/mol. The van der Waals surface area contributed by atoms with E-state index in [1.807, 2.05) is 55.5 Å². The monoisotopic (exact) mass is 360 g/mol. The van der Waals surface area contributed by atoms with Crippen LogP contribution in [0.2, 0.25) is 0 Å². The summed E-state index contributed by atoms with van der Waals surface area (Å²) in [6, 6.07) is 20.4. The van der Waals surface area contributed by atoms with E-state index in [4.69, 9.17) is 4.74 Å². The smallest absolute Gasteiger partial charge is 0.262 e. The van der Waals surface area contributed by atoms with Gasteiger partial charge in [-0.1, -0.05) is 35.9 Å². The molecular formula is C22H20N2O3. The molecule has 4 rings (SSSR count). The van der Waals surface area contributed by atoms with E-state index < -0.39 is 6.17 Å². The second-order valence-electron chi connectivity index (χ2n) is 6.53. The minimum absolute atomic E-state index is 0.0608. The first-order chi connectivity index (χ1) is 13.1. The van der Waals surface area contributed by atoms with Crippen molar-refractivity contribution in [1.82, 2.24) is 0 Å². The van der Waals surface area contributed by atoms with Crippen LogP contribution in [0.15, 0.2) is 66.7 Å². The highest BCUT2D eigenvalue weighted by Crippen LogP contribution is 2.38. The van der Waals surface area contributed by atoms with Gasteiger partial charge in [0, 0.05) is 11.4 Å². The molecule has 0 unspecified atom stereocenters. The number of hydrogen-bond donors (Lipinski definition) is 2. The largest absolute Gasteiger partial charge is 0.504 e. The number of methoxy groups -OCH3 is 1. The maximum Gasteiger partial charge on any atom is 0.262 e. The molecule has 0 radical (unpaired) electrons. The summed E-state index contributed by atoms with van der Waals surface area (Å²) >= 11 is 0. The number of phenolic OH excluding ortho intramolecular Hbond substituents is 1. The molecule has 2 N–H and O–H groups in total. The van der Waals surface area contributed by atoms with Crippen molar-refractivity contribution in [3.8, 4) is 11.5 Å². The molecule has 0 aromatic heterocycles. The third-order valence-corrected chi connectivity index (χ3v) is 4.76. The molecule has 1 heterocycles. The van der Waals surface area contributed by atoms with Gasteiger partial charge in [0.1, 0.15) is 6.17 Å². The normalized spacial score (nSPS) is 15.9. The minimum atomic E-state index is -0.426. The summed E-state index contributed by atoms with van der Waals surface area (Å²) in [4.78, 5) is 15.0. The number of nitrogens with one attached hydrogen (secondary N) is 1. The summed E-state index contributed by atoms with van der Waals surface area (Å²) in [7, 11) is 1.51. The summed E-state index contributed by atoms with van der Waals surface area (Å²) < 4.78 is 5.25. The molecule has 1 aliphatic rings. The summed E-state index contributed by atoms with van der Waals surface area (Å²) in [6.45, 7) is 2.01. The number of aromatic hydroxyl groups is 1. The highest BCUT2D eigenvalue weighted by molar-refractivity contribution is 6.12. The molecule has 1 amide bonds. The maximum atomic E-state index is 13.3.